The molecule has 0 aromatic heterocycles. The lowest BCUT2D eigenvalue weighted by Gasteiger charge is -2.10. The summed E-state index contributed by atoms with van der Waals surface area (Å²) >= 11 is 0. The molecule has 2 saturated heterocycles. The fourth-order valence-electron chi connectivity index (χ4n) is 3.04. The Morgan fingerprint density at radius 3 is 1.47 bits per heavy atom. The summed E-state index contributed by atoms with van der Waals surface area (Å²) in [6, 6.07) is 5.10. The third-order valence-electron chi connectivity index (χ3n) is 5.59. The molecule has 0 N–H and O–H groups in total. The zero-order chi connectivity index (χ0) is 43.1. The smallest absolute Gasteiger partial charge is 0.437 e. The van der Waals surface area contributed by atoms with E-state index in [4.69, 9.17) is 4.79 Å². The second kappa shape index (κ2) is 25.2. The van der Waals surface area contributed by atoms with Crippen LogP contribution in [-0.2, 0) is 67.3 Å². The maximum Gasteiger partial charge on any atom is 0.533 e. The van der Waals surface area contributed by atoms with Gasteiger partial charge >= 0.3 is 18.3 Å². The first kappa shape index (κ1) is 50.3. The number of amides is 6. The molecule has 3 heterocycles. The molecule has 0 radical (unpaired) electrons. The number of hydrogen-bond donors (Lipinski definition) is 0. The minimum absolute atomic E-state index is 0.0674. The van der Waals surface area contributed by atoms with Crippen molar-refractivity contribution in [2.24, 2.45) is 0 Å². The van der Waals surface area contributed by atoms with E-state index in [0.717, 1.165) is 36.9 Å². The molecule has 0 bridgehead atoms. The number of carbonyl (C=O) groups is 10. The lowest BCUT2D eigenvalue weighted by Crippen LogP contribution is -2.31. The monoisotopic (exact) mass is 802 g/mol. The number of aldehydes is 1. The Morgan fingerprint density at radius 2 is 1.22 bits per heavy atom. The van der Waals surface area contributed by atoms with Crippen LogP contribution in [0.5, 0.6) is 5.75 Å². The summed E-state index contributed by atoms with van der Waals surface area (Å²) in [5, 5.41) is 12.1. The number of nitro groups is 1. The molecule has 0 unspecified atom stereocenters. The van der Waals surface area contributed by atoms with Crippen molar-refractivity contribution in [3.63, 3.8) is 0 Å². The molecule has 4 rings (SSSR count). The first-order valence-electron chi connectivity index (χ1n) is 14.9. The number of imide groups is 3. The highest BCUT2D eigenvalue weighted by atomic mass is 32.2. The Labute approximate surface area is 313 Å². The Kier molecular flexibility index (Phi) is 23.0. The number of rotatable bonds is 5. The molecule has 0 spiro atoms. The highest BCUT2D eigenvalue weighted by Gasteiger charge is 2.33. The first-order chi connectivity index (χ1) is 25.5. The van der Waals surface area contributed by atoms with E-state index in [0.29, 0.717) is 15.7 Å². The van der Waals surface area contributed by atoms with E-state index < -0.39 is 56.7 Å². The highest BCUT2D eigenvalue weighted by molar-refractivity contribution is 7.93. The SMILES string of the molecule is C=CS(C)(=O)=O.CC(=O)ON1C(=O)CCC1=O.CC1=CC(=O)N(C)C1=O.CC=O.COC(=O)ON1C(=O)CCC1=O.COC(=O)Oc1ccc([N+](=O)[O-])cc1. The van der Waals surface area contributed by atoms with Crippen molar-refractivity contribution in [1.29, 1.82) is 0 Å². The minimum Gasteiger partial charge on any atom is -0.437 e. The number of sulfone groups is 1. The molecule has 3 aliphatic rings. The Balaban J connectivity index is 0. The van der Waals surface area contributed by atoms with E-state index in [1.54, 1.807) is 6.92 Å². The molecule has 302 valence electrons. The lowest BCUT2D eigenvalue weighted by atomic mass is 10.3. The van der Waals surface area contributed by atoms with Crippen LogP contribution in [0.4, 0.5) is 15.3 Å². The van der Waals surface area contributed by atoms with Gasteiger partial charge in [-0.25, -0.2) is 22.8 Å². The van der Waals surface area contributed by atoms with Gasteiger partial charge < -0.3 is 23.8 Å². The third kappa shape index (κ3) is 20.7. The van der Waals surface area contributed by atoms with Crippen molar-refractivity contribution in [1.82, 2.24) is 15.0 Å². The summed E-state index contributed by atoms with van der Waals surface area (Å²) in [5.41, 5.74) is 0.449. The minimum atomic E-state index is -2.90. The molecule has 0 atom stereocenters. The van der Waals surface area contributed by atoms with E-state index in [9.17, 15) is 61.7 Å². The van der Waals surface area contributed by atoms with Crippen molar-refractivity contribution in [3.05, 3.63) is 58.0 Å². The van der Waals surface area contributed by atoms with Gasteiger partial charge in [-0.2, -0.15) is 0 Å². The highest BCUT2D eigenvalue weighted by Crippen LogP contribution is 2.17. The van der Waals surface area contributed by atoms with Gasteiger partial charge in [0.15, 0.2) is 9.84 Å². The van der Waals surface area contributed by atoms with Gasteiger partial charge in [0.2, 0.25) is 0 Å². The Bertz CT molecular complexity index is 1730. The second-order valence-corrected chi connectivity index (χ2v) is 11.9. The molecule has 55 heavy (non-hydrogen) atoms. The molecule has 0 aliphatic carbocycles. The van der Waals surface area contributed by atoms with Crippen molar-refractivity contribution >= 4 is 75.5 Å². The van der Waals surface area contributed by atoms with Gasteiger partial charge in [-0.3, -0.25) is 48.6 Å². The molecule has 0 saturated carbocycles. The summed E-state index contributed by atoms with van der Waals surface area (Å²) < 4.78 is 32.7. The third-order valence-corrected chi connectivity index (χ3v) is 6.20. The van der Waals surface area contributed by atoms with Crippen LogP contribution in [0.25, 0.3) is 0 Å². The lowest BCUT2D eigenvalue weighted by molar-refractivity contribution is -0.384. The van der Waals surface area contributed by atoms with Crippen LogP contribution >= 0.6 is 0 Å². The molecule has 23 nitrogen and oxygen atoms in total. The Hall–Kier alpha value is -6.85. The second-order valence-electron chi connectivity index (χ2n) is 9.86. The molecule has 3 aliphatic heterocycles. The Morgan fingerprint density at radius 1 is 0.836 bits per heavy atom. The molecule has 1 aromatic rings. The van der Waals surface area contributed by atoms with Crippen LogP contribution in [-0.4, -0.2) is 116 Å². The van der Waals surface area contributed by atoms with E-state index >= 15 is 0 Å². The largest absolute Gasteiger partial charge is 0.533 e. The number of hydrogen-bond acceptors (Lipinski definition) is 19. The van der Waals surface area contributed by atoms with Gasteiger partial charge in [0.05, 0.1) is 19.1 Å². The number of nitrogens with zero attached hydrogens (tertiary/aromatic N) is 4. The van der Waals surface area contributed by atoms with Crippen molar-refractivity contribution in [2.75, 3.05) is 27.5 Å². The number of benzene rings is 1. The van der Waals surface area contributed by atoms with Gasteiger partial charge in [-0.15, -0.1) is 5.06 Å². The molecule has 24 heteroatoms. The van der Waals surface area contributed by atoms with Crippen LogP contribution in [0.3, 0.4) is 0 Å². The maximum absolute atomic E-state index is 10.8. The predicted octanol–water partition coefficient (Wildman–Crippen LogP) is 1.50. The average molecular weight is 803 g/mol. The summed E-state index contributed by atoms with van der Waals surface area (Å²) in [6.45, 7) is 7.25. The van der Waals surface area contributed by atoms with Crippen LogP contribution in [0, 0.1) is 10.1 Å². The number of ether oxygens (including phenoxy) is 3. The zero-order valence-corrected chi connectivity index (χ0v) is 31.3. The number of hydroxylamine groups is 4. The fraction of sp³-hybridized carbons (Fsp3) is 0.355. The van der Waals surface area contributed by atoms with Crippen LogP contribution in [0.1, 0.15) is 46.5 Å². The number of carbonyl (C=O) groups excluding carboxylic acids is 10. The summed E-state index contributed by atoms with van der Waals surface area (Å²) in [4.78, 5) is 124. The standard InChI is InChI=1S/C8H7NO5.C6H7NO5.C6H7NO4.C6H7NO2.C3H6O2S.C2H4O/c1-13-8(10)14-7-4-2-6(3-5-7)9(11)12;1-11-6(10)12-7-4(8)2-3-5(7)9;1-4(8)11-7-5(9)2-3-6(7)10;1-4-3-5(8)7(2)6(4)9;1-3-6(2,4)5;1-2-3/h2-5H,1H3;2-3H2,1H3;2-3H2,1H3;3H,1-2H3;3H,1H2,2H3;2H,1H3. The van der Waals surface area contributed by atoms with Crippen LogP contribution < -0.4 is 4.74 Å². The van der Waals surface area contributed by atoms with E-state index in [1.807, 2.05) is 0 Å². The zero-order valence-electron chi connectivity index (χ0n) is 30.5. The molecule has 1 aromatic carbocycles. The average Bonchev–Trinajstić information content (AvgIpc) is 3.69. The fourth-order valence-corrected chi connectivity index (χ4v) is 3.04. The predicted molar refractivity (Wildman–Crippen MR) is 182 cm³/mol. The molecular formula is C31H38N4O19S. The van der Waals surface area contributed by atoms with Crippen molar-refractivity contribution in [3.8, 4) is 5.75 Å². The summed E-state index contributed by atoms with van der Waals surface area (Å²) in [7, 11) is 0.837. The molecule has 2 fully saturated rings. The van der Waals surface area contributed by atoms with Gasteiger partial charge in [0, 0.05) is 75.1 Å². The van der Waals surface area contributed by atoms with Crippen LogP contribution in [0.2, 0.25) is 0 Å². The summed E-state index contributed by atoms with van der Waals surface area (Å²) in [5.74, 6) is -2.83. The number of nitro benzene ring substituents is 1. The van der Waals surface area contributed by atoms with Gasteiger partial charge in [-0.05, 0) is 26.0 Å². The molecular weight excluding hydrogens is 764 g/mol. The quantitative estimate of drug-likeness (QED) is 0.102. The van der Waals surface area contributed by atoms with E-state index in [1.165, 1.54) is 51.4 Å². The van der Waals surface area contributed by atoms with Gasteiger partial charge in [-0.1, -0.05) is 11.6 Å². The van der Waals surface area contributed by atoms with Crippen LogP contribution in [0.15, 0.2) is 47.9 Å². The van der Waals surface area contributed by atoms with Gasteiger partial charge in [0.1, 0.15) is 12.0 Å². The molecule has 6 amide bonds. The van der Waals surface area contributed by atoms with Crippen molar-refractivity contribution < 1.29 is 85.2 Å². The number of likely N-dealkylation sites (N-methyl/N-ethyl adjacent to an activating group) is 1. The maximum atomic E-state index is 10.8. The summed E-state index contributed by atoms with van der Waals surface area (Å²) in [6.07, 6.45) is 1.67. The normalized spacial score (nSPS) is 13.9. The van der Waals surface area contributed by atoms with E-state index in [2.05, 4.69) is 30.5 Å². The number of non-ortho nitro benzene ring substituents is 1. The first-order valence-corrected chi connectivity index (χ1v) is 16.8. The van der Waals surface area contributed by atoms with Crippen molar-refractivity contribution in [2.45, 2.75) is 46.5 Å². The van der Waals surface area contributed by atoms with Gasteiger partial charge in [0.25, 0.3) is 41.1 Å². The number of methoxy groups -OCH3 is 2. The topological polar surface area (TPSA) is 304 Å². The van der Waals surface area contributed by atoms with E-state index in [-0.39, 0.29) is 48.9 Å².